The summed E-state index contributed by atoms with van der Waals surface area (Å²) in [6, 6.07) is 3.40. The smallest absolute Gasteiger partial charge is 0.225 e. The molecule has 0 bridgehead atoms. The molecule has 4 nitrogen and oxygen atoms in total. The summed E-state index contributed by atoms with van der Waals surface area (Å²) in [5.74, 6) is 1.03. The van der Waals surface area contributed by atoms with Crippen LogP contribution >= 0.6 is 11.6 Å². The lowest BCUT2D eigenvalue weighted by Crippen LogP contribution is -2.43. The molecule has 2 heterocycles. The Hall–Kier alpha value is -1.13. The number of carbonyl (C=O) groups excluding carboxylic acids is 1. The predicted molar refractivity (Wildman–Crippen MR) is 58.9 cm³/mol. The molecule has 1 fully saturated rings. The minimum atomic E-state index is 0.0105. The van der Waals surface area contributed by atoms with E-state index < -0.39 is 0 Å². The van der Waals surface area contributed by atoms with Gasteiger partial charge in [-0.2, -0.15) is 0 Å². The van der Waals surface area contributed by atoms with E-state index in [-0.39, 0.29) is 5.91 Å². The van der Waals surface area contributed by atoms with Crippen molar-refractivity contribution in [3.8, 4) is 0 Å². The summed E-state index contributed by atoms with van der Waals surface area (Å²) in [4.78, 5) is 15.5. The van der Waals surface area contributed by atoms with Crippen molar-refractivity contribution in [3.05, 3.63) is 23.4 Å². The molecule has 15 heavy (non-hydrogen) atoms. The first-order valence-electron chi connectivity index (χ1n) is 4.86. The molecule has 0 aromatic carbocycles. The van der Waals surface area contributed by atoms with Crippen LogP contribution in [0.1, 0.15) is 6.42 Å². The maximum absolute atomic E-state index is 11.5. The highest BCUT2D eigenvalue weighted by atomic mass is 35.5. The Balaban J connectivity index is 1.84. The highest BCUT2D eigenvalue weighted by Crippen LogP contribution is 2.12. The zero-order valence-corrected chi connectivity index (χ0v) is 8.92. The van der Waals surface area contributed by atoms with Crippen LogP contribution in [0.4, 0.5) is 5.82 Å². The second-order valence-electron chi connectivity index (χ2n) is 3.64. The van der Waals surface area contributed by atoms with E-state index in [1.54, 1.807) is 12.1 Å². The molecule has 2 rings (SSSR count). The summed E-state index contributed by atoms with van der Waals surface area (Å²) >= 11 is 5.68. The van der Waals surface area contributed by atoms with Crippen LogP contribution in [0.2, 0.25) is 5.02 Å². The molecule has 0 spiro atoms. The lowest BCUT2D eigenvalue weighted by Gasteiger charge is -2.26. The molecule has 1 saturated heterocycles. The molecule has 1 aliphatic heterocycles. The quantitative estimate of drug-likeness (QED) is 0.815. The number of amides is 1. The zero-order valence-electron chi connectivity index (χ0n) is 8.16. The van der Waals surface area contributed by atoms with Crippen LogP contribution < -0.4 is 10.6 Å². The second kappa shape index (κ2) is 4.59. The second-order valence-corrected chi connectivity index (χ2v) is 4.07. The van der Waals surface area contributed by atoms with Crippen molar-refractivity contribution in [2.75, 3.05) is 18.4 Å². The average molecular weight is 226 g/mol. The number of nitrogens with one attached hydrogen (secondary N) is 2. The molecule has 0 radical (unpaired) electrons. The summed E-state index contributed by atoms with van der Waals surface area (Å²) in [6.07, 6.45) is 2.07. The number of nitrogens with zero attached hydrogens (tertiary/aromatic N) is 1. The van der Waals surface area contributed by atoms with E-state index in [1.807, 2.05) is 0 Å². The minimum Gasteiger partial charge on any atom is -0.316 e. The Morgan fingerprint density at radius 3 is 2.93 bits per heavy atom. The van der Waals surface area contributed by atoms with Gasteiger partial charge in [-0.25, -0.2) is 4.98 Å². The Morgan fingerprint density at radius 1 is 1.60 bits per heavy atom. The number of pyridine rings is 1. The molecule has 1 amide bonds. The van der Waals surface area contributed by atoms with E-state index in [0.29, 0.717) is 23.2 Å². The van der Waals surface area contributed by atoms with Crippen molar-refractivity contribution in [3.63, 3.8) is 0 Å². The van der Waals surface area contributed by atoms with E-state index in [9.17, 15) is 4.79 Å². The Kier molecular flexibility index (Phi) is 3.18. The van der Waals surface area contributed by atoms with Gasteiger partial charge in [0.15, 0.2) is 0 Å². The third-order valence-electron chi connectivity index (χ3n) is 2.33. The molecule has 0 aliphatic carbocycles. The molecule has 1 aromatic rings. The summed E-state index contributed by atoms with van der Waals surface area (Å²) in [6.45, 7) is 1.86. The Bertz CT molecular complexity index is 348. The third kappa shape index (κ3) is 2.91. The third-order valence-corrected chi connectivity index (χ3v) is 2.56. The molecule has 0 atom stereocenters. The molecule has 2 N–H and O–H groups in total. The summed E-state index contributed by atoms with van der Waals surface area (Å²) in [5, 5.41) is 6.42. The van der Waals surface area contributed by atoms with E-state index >= 15 is 0 Å². The summed E-state index contributed by atoms with van der Waals surface area (Å²) in [5.41, 5.74) is 0. The largest absolute Gasteiger partial charge is 0.316 e. The summed E-state index contributed by atoms with van der Waals surface area (Å²) in [7, 11) is 0. The first-order valence-corrected chi connectivity index (χ1v) is 5.24. The number of aromatic nitrogens is 1. The van der Waals surface area contributed by atoms with Gasteiger partial charge in [-0.3, -0.25) is 4.79 Å². The lowest BCUT2D eigenvalue weighted by molar-refractivity contribution is -0.117. The SMILES string of the molecule is O=C(CC1CNC1)Nc1ccc(Cl)cn1. The van der Waals surface area contributed by atoms with E-state index in [4.69, 9.17) is 11.6 Å². The van der Waals surface area contributed by atoms with Crippen molar-refractivity contribution < 1.29 is 4.79 Å². The Morgan fingerprint density at radius 2 is 2.40 bits per heavy atom. The monoisotopic (exact) mass is 225 g/mol. The van der Waals surface area contributed by atoms with Gasteiger partial charge in [-0.1, -0.05) is 11.6 Å². The van der Waals surface area contributed by atoms with Crippen molar-refractivity contribution in [1.29, 1.82) is 0 Å². The highest BCUT2D eigenvalue weighted by Gasteiger charge is 2.20. The first kappa shape index (κ1) is 10.4. The predicted octanol–water partition coefficient (Wildman–Crippen LogP) is 1.28. The van der Waals surface area contributed by atoms with Gasteiger partial charge in [-0.15, -0.1) is 0 Å². The van der Waals surface area contributed by atoms with Gasteiger partial charge in [0.2, 0.25) is 5.91 Å². The first-order chi connectivity index (χ1) is 7.24. The molecule has 5 heteroatoms. The highest BCUT2D eigenvalue weighted by molar-refractivity contribution is 6.30. The molecular weight excluding hydrogens is 214 g/mol. The molecule has 0 unspecified atom stereocenters. The average Bonchev–Trinajstić information content (AvgIpc) is 2.16. The van der Waals surface area contributed by atoms with Crippen molar-refractivity contribution >= 4 is 23.3 Å². The van der Waals surface area contributed by atoms with Gasteiger partial charge in [0.05, 0.1) is 5.02 Å². The fraction of sp³-hybridized carbons (Fsp3) is 0.400. The fourth-order valence-electron chi connectivity index (χ4n) is 1.40. The van der Waals surface area contributed by atoms with Crippen LogP contribution in [0.3, 0.4) is 0 Å². The van der Waals surface area contributed by atoms with Crippen LogP contribution in [0.25, 0.3) is 0 Å². The number of anilines is 1. The standard InChI is InChI=1S/C10H12ClN3O/c11-8-1-2-9(13-6-8)14-10(15)3-7-4-12-5-7/h1-2,6-7,12H,3-5H2,(H,13,14,15). The van der Waals surface area contributed by atoms with Crippen LogP contribution in [0.5, 0.6) is 0 Å². The lowest BCUT2D eigenvalue weighted by atomic mass is 9.99. The van der Waals surface area contributed by atoms with E-state index in [1.165, 1.54) is 6.20 Å². The summed E-state index contributed by atoms with van der Waals surface area (Å²) < 4.78 is 0. The molecule has 80 valence electrons. The number of carbonyl (C=O) groups is 1. The van der Waals surface area contributed by atoms with Gasteiger partial charge in [-0.05, 0) is 31.1 Å². The molecule has 1 aromatic heterocycles. The van der Waals surface area contributed by atoms with Gasteiger partial charge in [0.1, 0.15) is 5.82 Å². The zero-order chi connectivity index (χ0) is 10.7. The van der Waals surface area contributed by atoms with Gasteiger partial charge in [0.25, 0.3) is 0 Å². The maximum Gasteiger partial charge on any atom is 0.225 e. The number of hydrogen-bond donors (Lipinski definition) is 2. The normalized spacial score (nSPS) is 15.8. The van der Waals surface area contributed by atoms with Crippen molar-refractivity contribution in [1.82, 2.24) is 10.3 Å². The number of rotatable bonds is 3. The fourth-order valence-corrected chi connectivity index (χ4v) is 1.51. The van der Waals surface area contributed by atoms with Crippen LogP contribution in [-0.4, -0.2) is 24.0 Å². The molecule has 1 aliphatic rings. The molecule has 0 saturated carbocycles. The molecular formula is C10H12ClN3O. The van der Waals surface area contributed by atoms with Crippen molar-refractivity contribution in [2.24, 2.45) is 5.92 Å². The van der Waals surface area contributed by atoms with Gasteiger partial charge in [0, 0.05) is 12.6 Å². The number of hydrogen-bond acceptors (Lipinski definition) is 3. The topological polar surface area (TPSA) is 54.0 Å². The number of halogens is 1. The maximum atomic E-state index is 11.5. The van der Waals surface area contributed by atoms with E-state index in [2.05, 4.69) is 15.6 Å². The van der Waals surface area contributed by atoms with Crippen molar-refractivity contribution in [2.45, 2.75) is 6.42 Å². The van der Waals surface area contributed by atoms with E-state index in [0.717, 1.165) is 13.1 Å². The van der Waals surface area contributed by atoms with Crippen LogP contribution in [0.15, 0.2) is 18.3 Å². The minimum absolute atomic E-state index is 0.0105. The van der Waals surface area contributed by atoms with Gasteiger partial charge < -0.3 is 10.6 Å². The Labute approximate surface area is 93.0 Å². The van der Waals surface area contributed by atoms with Crippen LogP contribution in [-0.2, 0) is 4.79 Å². The van der Waals surface area contributed by atoms with Crippen LogP contribution in [0, 0.1) is 5.92 Å². The van der Waals surface area contributed by atoms with Gasteiger partial charge >= 0.3 is 0 Å².